The number of aromatic nitrogens is 8. The highest BCUT2D eigenvalue weighted by Crippen LogP contribution is 2.36. The third-order valence-corrected chi connectivity index (χ3v) is 7.44. The Bertz CT molecular complexity index is 1770. The Hall–Kier alpha value is -5.38. The zero-order valence-corrected chi connectivity index (χ0v) is 22.0. The fourth-order valence-corrected chi connectivity index (χ4v) is 5.44. The number of nitrogen functional groups attached to an aromatic ring is 2. The number of hydrogen-bond acceptors (Lipinski definition) is 14. The summed E-state index contributed by atoms with van der Waals surface area (Å²) < 4.78 is 55.8. The van der Waals surface area contributed by atoms with Crippen molar-refractivity contribution >= 4 is 46.4 Å². The predicted octanol–water partition coefficient (Wildman–Crippen LogP) is -1.91. The molecule has 4 aromatic rings. The third kappa shape index (κ3) is 4.41. The zero-order chi connectivity index (χ0) is 30.9. The van der Waals surface area contributed by atoms with E-state index in [0.717, 1.165) is 21.8 Å². The van der Waals surface area contributed by atoms with E-state index in [-0.39, 0.29) is 34.2 Å². The average molecular weight is 620 g/mol. The summed E-state index contributed by atoms with van der Waals surface area (Å²) in [5.74, 6) is -0.496. The van der Waals surface area contributed by atoms with Crippen LogP contribution in [0.15, 0.2) is 22.2 Å². The van der Waals surface area contributed by atoms with Gasteiger partial charge in [0, 0.05) is 0 Å². The molecule has 0 unspecified atom stereocenters. The Morgan fingerprint density at radius 1 is 0.727 bits per heavy atom. The minimum Gasteiger partial charge on any atom is -0.447 e. The van der Waals surface area contributed by atoms with Crippen molar-refractivity contribution < 1.29 is 37.3 Å². The molecular weight excluding hydrogens is 598 g/mol. The van der Waals surface area contributed by atoms with E-state index < -0.39 is 85.6 Å². The summed E-state index contributed by atoms with van der Waals surface area (Å²) in [5, 5.41) is 4.69. The van der Waals surface area contributed by atoms with Crippen LogP contribution in [0.2, 0.25) is 0 Å². The lowest BCUT2D eigenvalue weighted by molar-refractivity contribution is -0.0458. The first kappa shape index (κ1) is 27.5. The number of imidazole rings is 2. The second-order valence-electron chi connectivity index (χ2n) is 10.1. The van der Waals surface area contributed by atoms with Gasteiger partial charge in [0.05, 0.1) is 24.7 Å². The number of halogens is 2. The molecular formula is C22H22F2N12O8. The van der Waals surface area contributed by atoms with Gasteiger partial charge in [-0.2, -0.15) is 9.97 Å². The normalized spacial score (nSPS) is 30.9. The number of ether oxygens (including phenoxy) is 4. The van der Waals surface area contributed by atoms with Crippen molar-refractivity contribution in [1.29, 1.82) is 0 Å². The molecule has 22 heteroatoms. The molecule has 8 atom stereocenters. The first-order chi connectivity index (χ1) is 21.1. The molecule has 0 aromatic carbocycles. The van der Waals surface area contributed by atoms with Crippen LogP contribution in [0.1, 0.15) is 12.5 Å². The summed E-state index contributed by atoms with van der Waals surface area (Å²) in [6, 6.07) is -2.82. The molecule has 7 heterocycles. The Balaban J connectivity index is 1.13. The van der Waals surface area contributed by atoms with Crippen molar-refractivity contribution in [3.8, 4) is 0 Å². The molecule has 44 heavy (non-hydrogen) atoms. The molecule has 3 saturated heterocycles. The van der Waals surface area contributed by atoms with Gasteiger partial charge in [-0.25, -0.2) is 28.3 Å². The van der Waals surface area contributed by atoms with Crippen molar-refractivity contribution in [3.05, 3.63) is 33.4 Å². The second-order valence-corrected chi connectivity index (χ2v) is 10.1. The molecule has 0 saturated carbocycles. The van der Waals surface area contributed by atoms with Crippen molar-refractivity contribution in [1.82, 2.24) is 49.7 Å². The molecule has 232 valence electrons. The summed E-state index contributed by atoms with van der Waals surface area (Å²) in [6.45, 7) is -1.18. The molecule has 8 N–H and O–H groups in total. The molecule has 0 radical (unpaired) electrons. The Morgan fingerprint density at radius 2 is 1.14 bits per heavy atom. The maximum absolute atomic E-state index is 15.8. The van der Waals surface area contributed by atoms with Crippen LogP contribution in [-0.4, -0.2) is 101 Å². The number of H-pyrrole nitrogens is 2. The minimum atomic E-state index is -1.98. The zero-order valence-electron chi connectivity index (χ0n) is 22.0. The van der Waals surface area contributed by atoms with E-state index in [0.29, 0.717) is 0 Å². The van der Waals surface area contributed by atoms with Gasteiger partial charge in [0.15, 0.2) is 47.1 Å². The maximum atomic E-state index is 15.8. The van der Waals surface area contributed by atoms with Crippen LogP contribution in [0.5, 0.6) is 0 Å². The van der Waals surface area contributed by atoms with Gasteiger partial charge in [0.2, 0.25) is 11.9 Å². The first-order valence-electron chi connectivity index (χ1n) is 13.0. The number of fused-ring (bicyclic) bond motifs is 4. The van der Waals surface area contributed by atoms with E-state index >= 15 is 8.78 Å². The molecule has 0 aliphatic carbocycles. The van der Waals surface area contributed by atoms with E-state index in [1.54, 1.807) is 0 Å². The van der Waals surface area contributed by atoms with Crippen LogP contribution in [0.4, 0.5) is 30.3 Å². The van der Waals surface area contributed by atoms with Gasteiger partial charge in [0.1, 0.15) is 25.4 Å². The van der Waals surface area contributed by atoms with E-state index in [1.165, 1.54) is 0 Å². The number of carbonyl (C=O) groups excluding carboxylic acids is 2. The number of nitrogens with zero attached hydrogens (tertiary/aromatic N) is 6. The topological polar surface area (TPSA) is 274 Å². The molecule has 20 nitrogen and oxygen atoms in total. The maximum Gasteiger partial charge on any atom is 0.407 e. The van der Waals surface area contributed by atoms with E-state index in [4.69, 9.17) is 30.4 Å². The number of cyclic esters (lactones) is 2. The van der Waals surface area contributed by atoms with Crippen LogP contribution in [0.3, 0.4) is 0 Å². The van der Waals surface area contributed by atoms with Gasteiger partial charge in [-0.3, -0.25) is 28.7 Å². The van der Waals surface area contributed by atoms with Gasteiger partial charge < -0.3 is 41.0 Å². The summed E-state index contributed by atoms with van der Waals surface area (Å²) in [7, 11) is 0. The number of alkyl halides is 2. The minimum absolute atomic E-state index is 0.0841. The molecule has 2 amide bonds. The fourth-order valence-electron chi connectivity index (χ4n) is 5.44. The van der Waals surface area contributed by atoms with Crippen LogP contribution in [0, 0.1) is 0 Å². The molecule has 3 aliphatic heterocycles. The summed E-state index contributed by atoms with van der Waals surface area (Å²) in [4.78, 5) is 70.2. The van der Waals surface area contributed by atoms with Crippen LogP contribution >= 0.6 is 0 Å². The second kappa shape index (κ2) is 10.1. The number of nitrogens with one attached hydrogen (secondary N) is 4. The number of rotatable bonds is 2. The number of hydrogen-bond donors (Lipinski definition) is 6. The number of carbonyl (C=O) groups is 2. The number of alkyl carbamates (subject to hydrolysis) is 2. The fraction of sp³-hybridized carbons (Fsp3) is 0.455. The van der Waals surface area contributed by atoms with E-state index in [2.05, 4.69) is 40.5 Å². The summed E-state index contributed by atoms with van der Waals surface area (Å²) in [5.41, 5.74) is 9.48. The van der Waals surface area contributed by atoms with Crippen molar-refractivity contribution in [3.63, 3.8) is 0 Å². The highest BCUT2D eigenvalue weighted by molar-refractivity contribution is 5.72. The van der Waals surface area contributed by atoms with Gasteiger partial charge in [-0.1, -0.05) is 0 Å². The summed E-state index contributed by atoms with van der Waals surface area (Å²) >= 11 is 0. The van der Waals surface area contributed by atoms with Crippen LogP contribution < -0.4 is 33.2 Å². The Labute approximate surface area is 241 Å². The first-order valence-corrected chi connectivity index (χ1v) is 13.0. The molecule has 0 bridgehead atoms. The highest BCUT2D eigenvalue weighted by Gasteiger charge is 2.51. The van der Waals surface area contributed by atoms with Gasteiger partial charge in [-0.05, 0) is 0 Å². The number of anilines is 2. The van der Waals surface area contributed by atoms with Gasteiger partial charge in [-0.15, -0.1) is 0 Å². The smallest absolute Gasteiger partial charge is 0.407 e. The quantitative estimate of drug-likeness (QED) is 0.143. The lowest BCUT2D eigenvalue weighted by Crippen LogP contribution is -2.52. The largest absolute Gasteiger partial charge is 0.447 e. The molecule has 0 spiro atoms. The van der Waals surface area contributed by atoms with Crippen molar-refractivity contribution in [2.75, 3.05) is 24.7 Å². The molecule has 4 aromatic heterocycles. The number of nitrogens with two attached hydrogens (primary N) is 2. The standard InChI is InChI=1S/C22H22F2N12O8/c23-7-9-5(43-17(7)35-3-27-11-13(35)31-19(25)33-15(11)37)1-41-21(39)30-10-6(2-42-22(40)29-9)44-18(8(10)24)36-4-28-12-14(36)32-20(26)34-16(12)38/h3-10,17-18H,1-2H2,(H,29,40)(H,30,39)(H3,25,31,33,37)(H3,26,32,34,38)/t5-,6+,7-,8-,9-,10-,17-,18+/m1/s1. The molecule has 3 fully saturated rings. The van der Waals surface area contributed by atoms with E-state index in [1.807, 2.05) is 0 Å². The SMILES string of the molecule is Nc1nc2c(ncn2[C@@H]2O[C@@H]3COC(=O)N[C@H]4[C@@H](F)[C@@H](n5cnc6c(=O)[nH]c(N)nc65)O[C@H]4COC(=O)N[C@H]3[C@H]2F)c(=O)[nH]1. The summed E-state index contributed by atoms with van der Waals surface area (Å²) in [6.07, 6.45) is -9.41. The van der Waals surface area contributed by atoms with Crippen molar-refractivity contribution in [2.45, 2.75) is 49.1 Å². The Kier molecular flexibility index (Phi) is 6.31. The number of aromatic amines is 2. The highest BCUT2D eigenvalue weighted by atomic mass is 19.1. The van der Waals surface area contributed by atoms with Crippen LogP contribution in [-0.2, 0) is 18.9 Å². The lowest BCUT2D eigenvalue weighted by atomic mass is 10.1. The lowest BCUT2D eigenvalue weighted by Gasteiger charge is -2.24. The average Bonchev–Trinajstić information content (AvgIpc) is 3.72. The van der Waals surface area contributed by atoms with E-state index in [9.17, 15) is 19.2 Å². The molecule has 7 rings (SSSR count). The van der Waals surface area contributed by atoms with Crippen molar-refractivity contribution in [2.24, 2.45) is 0 Å². The predicted molar refractivity (Wildman–Crippen MR) is 139 cm³/mol. The number of amides is 2. The van der Waals surface area contributed by atoms with Gasteiger partial charge in [0.25, 0.3) is 11.1 Å². The van der Waals surface area contributed by atoms with Crippen LogP contribution in [0.25, 0.3) is 22.3 Å². The third-order valence-electron chi connectivity index (χ3n) is 7.44. The molecule has 3 aliphatic rings. The monoisotopic (exact) mass is 620 g/mol. The van der Waals surface area contributed by atoms with Gasteiger partial charge >= 0.3 is 12.2 Å². The Morgan fingerprint density at radius 3 is 1.55 bits per heavy atom.